The Kier molecular flexibility index (Phi) is 9.24. The summed E-state index contributed by atoms with van der Waals surface area (Å²) in [5.41, 5.74) is 6.06. The van der Waals surface area contributed by atoms with E-state index in [-0.39, 0.29) is 34.2 Å². The molecule has 0 aliphatic heterocycles. The second kappa shape index (κ2) is 12.9. The Morgan fingerprint density at radius 1 is 0.750 bits per heavy atom. The summed E-state index contributed by atoms with van der Waals surface area (Å²) in [6.07, 6.45) is 19.9. The molecule has 0 bridgehead atoms. The number of ketones is 2. The topological polar surface area (TPSA) is 43.4 Å². The molecule has 0 amide bonds. The zero-order valence-electron chi connectivity index (χ0n) is 34.5. The van der Waals surface area contributed by atoms with Gasteiger partial charge in [0.15, 0.2) is 5.78 Å². The van der Waals surface area contributed by atoms with E-state index in [9.17, 15) is 9.59 Å². The van der Waals surface area contributed by atoms with Crippen molar-refractivity contribution in [1.82, 2.24) is 0 Å². The summed E-state index contributed by atoms with van der Waals surface area (Å²) in [6, 6.07) is 9.40. The number of rotatable bonds is 7. The first-order chi connectivity index (χ1) is 24.5. The molecule has 0 N–H and O–H groups in total. The van der Waals surface area contributed by atoms with Crippen LogP contribution in [0.25, 0.3) is 0 Å². The third kappa shape index (κ3) is 5.48. The van der Waals surface area contributed by atoms with Gasteiger partial charge in [-0.15, -0.1) is 0 Å². The fourth-order valence-electron chi connectivity index (χ4n) is 16.7. The average Bonchev–Trinajstić information content (AvgIpc) is 3.44. The lowest BCUT2D eigenvalue weighted by Crippen LogP contribution is -2.61. The summed E-state index contributed by atoms with van der Waals surface area (Å²) in [4.78, 5) is 24.9. The van der Waals surface area contributed by atoms with E-state index in [1.54, 1.807) is 18.1 Å². The van der Waals surface area contributed by atoms with Crippen molar-refractivity contribution < 1.29 is 14.3 Å². The van der Waals surface area contributed by atoms with E-state index in [0.29, 0.717) is 46.7 Å². The zero-order valence-corrected chi connectivity index (χ0v) is 34.5. The van der Waals surface area contributed by atoms with Gasteiger partial charge in [0.25, 0.3) is 0 Å². The van der Waals surface area contributed by atoms with Crippen molar-refractivity contribution in [2.45, 2.75) is 176 Å². The second-order valence-electron chi connectivity index (χ2n) is 21.6. The van der Waals surface area contributed by atoms with Crippen LogP contribution >= 0.6 is 0 Å². The molecule has 5 saturated carbocycles. The van der Waals surface area contributed by atoms with Crippen LogP contribution in [0.15, 0.2) is 35.9 Å². The molecule has 7 aliphatic rings. The molecule has 0 saturated heterocycles. The Labute approximate surface area is 317 Å². The van der Waals surface area contributed by atoms with Gasteiger partial charge >= 0.3 is 0 Å². The minimum absolute atomic E-state index is 0.0446. The minimum atomic E-state index is -0.0446. The van der Waals surface area contributed by atoms with Crippen LogP contribution in [0, 0.1) is 69.0 Å². The number of fused-ring (bicyclic) bond motifs is 10. The maximum absolute atomic E-state index is 12.5. The molecule has 7 aliphatic carbocycles. The molecule has 3 nitrogen and oxygen atoms in total. The molecule has 0 aromatic heterocycles. The summed E-state index contributed by atoms with van der Waals surface area (Å²) < 4.78 is 7.36. The van der Waals surface area contributed by atoms with Gasteiger partial charge in [-0.2, -0.15) is 0 Å². The van der Waals surface area contributed by atoms with E-state index < -0.39 is 0 Å². The Morgan fingerprint density at radius 2 is 1.50 bits per heavy atom. The number of hydrogen-bond acceptors (Lipinski definition) is 3. The highest BCUT2D eigenvalue weighted by molar-refractivity contribution is 5.91. The number of carbonyl (C=O) groups is 2. The largest absolute Gasteiger partial charge is 0.374 e. The Morgan fingerprint density at radius 3 is 2.27 bits per heavy atom. The summed E-state index contributed by atoms with van der Waals surface area (Å²) in [5, 5.41) is 0. The van der Waals surface area contributed by atoms with E-state index in [2.05, 4.69) is 85.7 Å². The molecule has 52 heavy (non-hydrogen) atoms. The SMILES string of the molecule is CC(=O)C[C@H](C)O[C@H]([C@@H](C)[C@H]1CC[C@H]2[C@@H]3CCC4=CC(=O)CC[C@]4(C)[C@H]3CC[C@]12C)[C@@H]1CC[C@]2(C)[C@H](CC[C@]3(C)c4ccccc4CC[C@@H]23)C1(C)C. The molecule has 0 spiro atoms. The smallest absolute Gasteiger partial charge is 0.155 e. The van der Waals surface area contributed by atoms with Crippen LogP contribution in [0.1, 0.15) is 163 Å². The van der Waals surface area contributed by atoms with Crippen LogP contribution in [-0.4, -0.2) is 23.8 Å². The fraction of sp³-hybridized carbons (Fsp3) is 0.796. The first-order valence-corrected chi connectivity index (χ1v) is 22.0. The highest BCUT2D eigenvalue weighted by Gasteiger charge is 2.65. The van der Waals surface area contributed by atoms with Crippen LogP contribution in [0.3, 0.4) is 0 Å². The van der Waals surface area contributed by atoms with Crippen molar-refractivity contribution in [1.29, 1.82) is 0 Å². The molecular weight excluding hydrogens is 637 g/mol. The van der Waals surface area contributed by atoms with E-state index >= 15 is 0 Å². The van der Waals surface area contributed by atoms with Crippen molar-refractivity contribution in [2.75, 3.05) is 0 Å². The van der Waals surface area contributed by atoms with E-state index in [0.717, 1.165) is 42.9 Å². The summed E-state index contributed by atoms with van der Waals surface area (Å²) in [7, 11) is 0. The van der Waals surface area contributed by atoms with E-state index in [1.807, 2.05) is 0 Å². The number of hydrogen-bond donors (Lipinski definition) is 0. The van der Waals surface area contributed by atoms with Gasteiger partial charge in [-0.25, -0.2) is 0 Å². The zero-order chi connectivity index (χ0) is 37.0. The molecule has 8 rings (SSSR count). The molecule has 14 atom stereocenters. The standard InChI is InChI=1S/C49H72O3/c1-30(50)28-31(2)52-44(32(3)37-17-18-39-36-16-15-34-29-35(51)20-24-46(34,6)40(36)21-25-47(37,39)7)41-22-26-49(9)42(45(41,4)5)23-27-48(8)38-13-11-10-12-33(38)14-19-43(48)49/h10-13,29,31-32,36-37,39-44H,14-28H2,1-9H3/t31-,32-,36-,37+,39-,40-,41-,42+,43+,44+,46-,47+,48+,49+/m0/s1. The predicted octanol–water partition coefficient (Wildman–Crippen LogP) is 11.9. The van der Waals surface area contributed by atoms with Crippen LogP contribution in [0.4, 0.5) is 0 Å². The number of Topliss-reactive ketones (excluding diaryl/α,β-unsaturated/α-hetero) is 1. The van der Waals surface area contributed by atoms with Crippen LogP contribution < -0.4 is 0 Å². The Balaban J connectivity index is 1.08. The highest BCUT2D eigenvalue weighted by atomic mass is 16.5. The van der Waals surface area contributed by atoms with Crippen molar-refractivity contribution in [2.24, 2.45) is 69.0 Å². The quantitative estimate of drug-likeness (QED) is 0.283. The summed E-state index contributed by atoms with van der Waals surface area (Å²) in [6.45, 7) is 22.3. The predicted molar refractivity (Wildman–Crippen MR) is 212 cm³/mol. The Hall–Kier alpha value is -1.74. The lowest BCUT2D eigenvalue weighted by molar-refractivity contribution is -0.189. The maximum Gasteiger partial charge on any atom is 0.155 e. The molecule has 1 aromatic carbocycles. The highest BCUT2D eigenvalue weighted by Crippen LogP contribution is 2.71. The minimum Gasteiger partial charge on any atom is -0.374 e. The van der Waals surface area contributed by atoms with Crippen LogP contribution in [0.5, 0.6) is 0 Å². The van der Waals surface area contributed by atoms with E-state index in [1.165, 1.54) is 76.2 Å². The second-order valence-corrected chi connectivity index (χ2v) is 21.6. The number of allylic oxidation sites excluding steroid dienone is 1. The molecular formula is C49H72O3. The van der Waals surface area contributed by atoms with Gasteiger partial charge in [-0.3, -0.25) is 9.59 Å². The summed E-state index contributed by atoms with van der Waals surface area (Å²) in [5.74, 6) is 5.91. The molecule has 5 fully saturated rings. The van der Waals surface area contributed by atoms with Gasteiger partial charge in [0.2, 0.25) is 0 Å². The van der Waals surface area contributed by atoms with Gasteiger partial charge in [0.05, 0.1) is 12.2 Å². The fourth-order valence-corrected chi connectivity index (χ4v) is 16.7. The Bertz CT molecular complexity index is 1600. The van der Waals surface area contributed by atoms with Gasteiger partial charge < -0.3 is 4.74 Å². The van der Waals surface area contributed by atoms with Gasteiger partial charge in [-0.1, -0.05) is 78.3 Å². The number of aryl methyl sites for hydroxylation is 1. The van der Waals surface area contributed by atoms with Gasteiger partial charge in [0, 0.05) is 12.8 Å². The van der Waals surface area contributed by atoms with E-state index in [4.69, 9.17) is 4.74 Å². The third-order valence-corrected chi connectivity index (χ3v) is 19.0. The average molecular weight is 709 g/mol. The molecule has 3 heteroatoms. The lowest BCUT2D eigenvalue weighted by atomic mass is 9.38. The first-order valence-electron chi connectivity index (χ1n) is 22.0. The van der Waals surface area contributed by atoms with Crippen molar-refractivity contribution in [3.05, 3.63) is 47.0 Å². The van der Waals surface area contributed by atoms with Crippen molar-refractivity contribution in [3.63, 3.8) is 0 Å². The van der Waals surface area contributed by atoms with Crippen LogP contribution in [-0.2, 0) is 26.2 Å². The van der Waals surface area contributed by atoms with Gasteiger partial charge in [0.1, 0.15) is 5.78 Å². The third-order valence-electron chi connectivity index (χ3n) is 19.0. The van der Waals surface area contributed by atoms with Crippen molar-refractivity contribution >= 4 is 11.6 Å². The summed E-state index contributed by atoms with van der Waals surface area (Å²) >= 11 is 0. The monoisotopic (exact) mass is 709 g/mol. The number of ether oxygens (including phenoxy) is 1. The van der Waals surface area contributed by atoms with Gasteiger partial charge in [-0.05, 0) is 189 Å². The molecule has 1 aromatic rings. The van der Waals surface area contributed by atoms with Crippen molar-refractivity contribution in [3.8, 4) is 0 Å². The normalized spacial score (nSPS) is 45.1. The molecule has 0 heterocycles. The number of benzene rings is 1. The molecule has 0 radical (unpaired) electrons. The maximum atomic E-state index is 12.5. The first kappa shape index (κ1) is 37.2. The number of carbonyl (C=O) groups excluding carboxylic acids is 2. The molecule has 286 valence electrons. The lowest BCUT2D eigenvalue weighted by Gasteiger charge is -2.66. The van der Waals surface area contributed by atoms with Crippen LogP contribution in [0.2, 0.25) is 0 Å². The molecule has 0 unspecified atom stereocenters.